The molecule has 0 radical (unpaired) electrons. The van der Waals surface area contributed by atoms with Crippen molar-refractivity contribution in [3.05, 3.63) is 31.9 Å². The quantitative estimate of drug-likeness (QED) is 0.761. The van der Waals surface area contributed by atoms with Crippen LogP contribution in [0, 0.1) is 13.8 Å². The standard InChI is InChI=1S/C17H20N4O2S/c1-9-10(2)24-16-13(9)17(23)21-15(19-16)12-6-4-3-5-11(12)14(20-21)18-7-8-22/h22H,3-8H2,1-2H3,(H,18,20). The SMILES string of the molecule is Cc1sc2nc3c4c(c(NCCO)nn3c(=O)c2c1C)CCCC4. The van der Waals surface area contributed by atoms with Gasteiger partial charge in [0.1, 0.15) is 4.83 Å². The molecule has 0 unspecified atom stereocenters. The number of rotatable bonds is 3. The van der Waals surface area contributed by atoms with E-state index < -0.39 is 0 Å². The van der Waals surface area contributed by atoms with Crippen molar-refractivity contribution in [2.24, 2.45) is 0 Å². The molecule has 3 heterocycles. The highest BCUT2D eigenvalue weighted by Crippen LogP contribution is 2.31. The Bertz CT molecular complexity index is 1010. The summed E-state index contributed by atoms with van der Waals surface area (Å²) in [5.74, 6) is 0.708. The van der Waals surface area contributed by atoms with E-state index in [2.05, 4.69) is 10.4 Å². The number of hydrogen-bond acceptors (Lipinski definition) is 6. The second kappa shape index (κ2) is 5.82. The Morgan fingerprint density at radius 3 is 2.75 bits per heavy atom. The van der Waals surface area contributed by atoms with Gasteiger partial charge in [-0.05, 0) is 45.1 Å². The van der Waals surface area contributed by atoms with Crippen LogP contribution in [0.15, 0.2) is 4.79 Å². The summed E-state index contributed by atoms with van der Waals surface area (Å²) in [5, 5.41) is 17.5. The van der Waals surface area contributed by atoms with Gasteiger partial charge in [0, 0.05) is 22.5 Å². The molecule has 3 aromatic rings. The lowest BCUT2D eigenvalue weighted by molar-refractivity contribution is 0.311. The number of aryl methyl sites for hydroxylation is 3. The zero-order valence-electron chi connectivity index (χ0n) is 13.8. The minimum absolute atomic E-state index is 0.0313. The Kier molecular flexibility index (Phi) is 3.77. The molecule has 7 heteroatoms. The summed E-state index contributed by atoms with van der Waals surface area (Å²) < 4.78 is 1.45. The first-order chi connectivity index (χ1) is 11.6. The Morgan fingerprint density at radius 1 is 1.25 bits per heavy atom. The third-order valence-corrected chi connectivity index (χ3v) is 5.91. The maximum atomic E-state index is 13.0. The molecule has 0 saturated heterocycles. The summed E-state index contributed by atoms with van der Waals surface area (Å²) in [5.41, 5.74) is 3.85. The first kappa shape index (κ1) is 15.5. The van der Waals surface area contributed by atoms with Crippen molar-refractivity contribution in [1.29, 1.82) is 0 Å². The summed E-state index contributed by atoms with van der Waals surface area (Å²) in [4.78, 5) is 19.7. The molecule has 0 fully saturated rings. The molecule has 0 spiro atoms. The molecule has 0 aliphatic heterocycles. The summed E-state index contributed by atoms with van der Waals surface area (Å²) in [6.45, 7) is 4.44. The fourth-order valence-electron chi connectivity index (χ4n) is 3.46. The number of nitrogens with one attached hydrogen (secondary N) is 1. The largest absolute Gasteiger partial charge is 0.395 e. The maximum absolute atomic E-state index is 13.0. The molecule has 126 valence electrons. The molecule has 0 bridgehead atoms. The normalized spacial score (nSPS) is 14.3. The number of hydrogen-bond donors (Lipinski definition) is 2. The fourth-order valence-corrected chi connectivity index (χ4v) is 4.48. The van der Waals surface area contributed by atoms with Gasteiger partial charge in [0.2, 0.25) is 0 Å². The predicted molar refractivity (Wildman–Crippen MR) is 96.3 cm³/mol. The highest BCUT2D eigenvalue weighted by molar-refractivity contribution is 7.18. The molecular weight excluding hydrogens is 324 g/mol. The van der Waals surface area contributed by atoms with E-state index in [9.17, 15) is 4.79 Å². The average Bonchev–Trinajstić information content (AvgIpc) is 2.88. The Balaban J connectivity index is 2.09. The van der Waals surface area contributed by atoms with Crippen molar-refractivity contribution >= 4 is 33.0 Å². The molecule has 4 rings (SSSR count). The number of aliphatic hydroxyl groups excluding tert-OH is 1. The molecule has 3 aromatic heterocycles. The molecule has 0 saturated carbocycles. The van der Waals surface area contributed by atoms with E-state index in [0.29, 0.717) is 23.4 Å². The van der Waals surface area contributed by atoms with Crippen molar-refractivity contribution in [3.8, 4) is 0 Å². The van der Waals surface area contributed by atoms with Crippen molar-refractivity contribution in [2.45, 2.75) is 39.5 Å². The third-order valence-electron chi connectivity index (χ3n) is 4.81. The van der Waals surface area contributed by atoms with Gasteiger partial charge in [-0.2, -0.15) is 4.52 Å². The van der Waals surface area contributed by atoms with E-state index in [1.54, 1.807) is 11.3 Å². The van der Waals surface area contributed by atoms with E-state index in [0.717, 1.165) is 52.1 Å². The zero-order chi connectivity index (χ0) is 16.8. The van der Waals surface area contributed by atoms with Gasteiger partial charge in [0.05, 0.1) is 12.0 Å². The van der Waals surface area contributed by atoms with Crippen LogP contribution >= 0.6 is 11.3 Å². The van der Waals surface area contributed by atoms with Gasteiger partial charge in [-0.1, -0.05) is 0 Å². The monoisotopic (exact) mass is 344 g/mol. The predicted octanol–water partition coefficient (Wildman–Crippen LogP) is 2.20. The smallest absolute Gasteiger partial charge is 0.283 e. The molecule has 0 atom stereocenters. The summed E-state index contributed by atoms with van der Waals surface area (Å²) >= 11 is 1.58. The van der Waals surface area contributed by atoms with Gasteiger partial charge in [-0.25, -0.2) is 4.98 Å². The lowest BCUT2D eigenvalue weighted by atomic mass is 9.93. The highest BCUT2D eigenvalue weighted by atomic mass is 32.1. The van der Waals surface area contributed by atoms with Gasteiger partial charge >= 0.3 is 0 Å². The van der Waals surface area contributed by atoms with E-state index in [1.165, 1.54) is 4.52 Å². The summed E-state index contributed by atoms with van der Waals surface area (Å²) in [6, 6.07) is 0. The molecule has 0 aromatic carbocycles. The molecule has 1 aliphatic carbocycles. The van der Waals surface area contributed by atoms with E-state index in [1.807, 2.05) is 13.8 Å². The van der Waals surface area contributed by atoms with Crippen molar-refractivity contribution < 1.29 is 5.11 Å². The first-order valence-electron chi connectivity index (χ1n) is 8.31. The molecule has 1 aliphatic rings. The van der Waals surface area contributed by atoms with Gasteiger partial charge in [0.25, 0.3) is 5.56 Å². The summed E-state index contributed by atoms with van der Waals surface area (Å²) in [7, 11) is 0. The number of nitrogens with zero attached hydrogens (tertiary/aromatic N) is 3. The Hall–Kier alpha value is -1.99. The van der Waals surface area contributed by atoms with Gasteiger partial charge in [-0.3, -0.25) is 4.79 Å². The number of fused-ring (bicyclic) bond motifs is 4. The van der Waals surface area contributed by atoms with Crippen LogP contribution in [0.1, 0.15) is 34.4 Å². The second-order valence-electron chi connectivity index (χ2n) is 6.28. The Morgan fingerprint density at radius 2 is 2.00 bits per heavy atom. The Labute approximate surface area is 143 Å². The lowest BCUT2D eigenvalue weighted by Crippen LogP contribution is -2.24. The average molecular weight is 344 g/mol. The highest BCUT2D eigenvalue weighted by Gasteiger charge is 2.22. The zero-order valence-corrected chi connectivity index (χ0v) is 14.7. The molecular formula is C17H20N4O2S. The van der Waals surface area contributed by atoms with Crippen LogP contribution in [-0.4, -0.2) is 32.9 Å². The number of aliphatic hydroxyl groups is 1. The number of aromatic nitrogens is 3. The van der Waals surface area contributed by atoms with E-state index in [-0.39, 0.29) is 12.2 Å². The topological polar surface area (TPSA) is 79.5 Å². The van der Waals surface area contributed by atoms with Crippen LogP contribution in [0.4, 0.5) is 5.82 Å². The molecule has 24 heavy (non-hydrogen) atoms. The fraction of sp³-hybridized carbons (Fsp3) is 0.471. The van der Waals surface area contributed by atoms with Crippen molar-refractivity contribution in [2.75, 3.05) is 18.5 Å². The minimum Gasteiger partial charge on any atom is -0.395 e. The van der Waals surface area contributed by atoms with Crippen LogP contribution in [0.5, 0.6) is 0 Å². The number of anilines is 1. The van der Waals surface area contributed by atoms with Crippen LogP contribution < -0.4 is 10.9 Å². The molecule has 0 amide bonds. The van der Waals surface area contributed by atoms with E-state index in [4.69, 9.17) is 10.1 Å². The first-order valence-corrected chi connectivity index (χ1v) is 9.12. The second-order valence-corrected chi connectivity index (χ2v) is 7.48. The third kappa shape index (κ3) is 2.22. The molecule has 6 nitrogen and oxygen atoms in total. The van der Waals surface area contributed by atoms with Gasteiger partial charge < -0.3 is 10.4 Å². The number of thiophene rings is 1. The van der Waals surface area contributed by atoms with Gasteiger partial charge in [-0.15, -0.1) is 16.4 Å². The maximum Gasteiger partial charge on any atom is 0.283 e. The van der Waals surface area contributed by atoms with Crippen molar-refractivity contribution in [3.63, 3.8) is 0 Å². The summed E-state index contributed by atoms with van der Waals surface area (Å²) in [6.07, 6.45) is 4.06. The van der Waals surface area contributed by atoms with Crippen LogP contribution in [-0.2, 0) is 12.8 Å². The van der Waals surface area contributed by atoms with Crippen LogP contribution in [0.3, 0.4) is 0 Å². The van der Waals surface area contributed by atoms with Gasteiger partial charge in [0.15, 0.2) is 11.5 Å². The van der Waals surface area contributed by atoms with Crippen LogP contribution in [0.2, 0.25) is 0 Å². The van der Waals surface area contributed by atoms with Crippen molar-refractivity contribution in [1.82, 2.24) is 14.6 Å². The minimum atomic E-state index is -0.0997. The lowest BCUT2D eigenvalue weighted by Gasteiger charge is -2.20. The molecule has 2 N–H and O–H groups in total. The van der Waals surface area contributed by atoms with E-state index >= 15 is 0 Å². The van der Waals surface area contributed by atoms with Crippen LogP contribution in [0.25, 0.3) is 15.9 Å².